The number of nitrogens with zero attached hydrogens (tertiary/aromatic N) is 3. The van der Waals surface area contributed by atoms with E-state index < -0.39 is 21.5 Å². The third-order valence-corrected chi connectivity index (χ3v) is 8.54. The van der Waals surface area contributed by atoms with E-state index in [-0.39, 0.29) is 10.8 Å². The zero-order valence-electron chi connectivity index (χ0n) is 20.4. The summed E-state index contributed by atoms with van der Waals surface area (Å²) < 4.78 is 31.6. The van der Waals surface area contributed by atoms with Crippen LogP contribution in [0.25, 0.3) is 0 Å². The summed E-state index contributed by atoms with van der Waals surface area (Å²) in [5.41, 5.74) is 2.94. The highest BCUT2D eigenvalue weighted by atomic mass is 32.2. The van der Waals surface area contributed by atoms with Gasteiger partial charge in [0.1, 0.15) is 5.84 Å². The van der Waals surface area contributed by atoms with Crippen LogP contribution in [0.5, 0.6) is 0 Å². The summed E-state index contributed by atoms with van der Waals surface area (Å²) in [6.45, 7) is 1.90. The highest BCUT2D eigenvalue weighted by Crippen LogP contribution is 2.60. The third kappa shape index (κ3) is 3.34. The van der Waals surface area contributed by atoms with Gasteiger partial charge in [-0.15, -0.1) is 4.40 Å². The van der Waals surface area contributed by atoms with Gasteiger partial charge in [-0.3, -0.25) is 4.79 Å². The molecule has 6 nitrogen and oxygen atoms in total. The standard InChI is InChI=1S/C30H25N3O3S/c1-21-17-19-24(20-18-21)37(35,36)31-28-27(22-11-5-3-6-12-22)30(33(28)23-13-7-4-8-14-23)25-15-9-10-16-26(25)32(2)29(30)34/h3-20,27H,1-2H3/b31-28+/t27-,30-/m1/s1. The molecule has 37 heavy (non-hydrogen) atoms. The van der Waals surface area contributed by atoms with E-state index in [4.69, 9.17) is 0 Å². The molecular formula is C30H25N3O3S. The van der Waals surface area contributed by atoms with Crippen molar-refractivity contribution in [3.05, 3.63) is 126 Å². The minimum Gasteiger partial charge on any atom is -0.313 e. The van der Waals surface area contributed by atoms with Crippen molar-refractivity contribution >= 4 is 33.1 Å². The van der Waals surface area contributed by atoms with E-state index in [1.54, 1.807) is 41.1 Å². The minimum atomic E-state index is -4.05. The summed E-state index contributed by atoms with van der Waals surface area (Å²) in [5, 5.41) is 0. The van der Waals surface area contributed by atoms with Gasteiger partial charge in [-0.25, -0.2) is 0 Å². The number of carbonyl (C=O) groups is 1. The van der Waals surface area contributed by atoms with E-state index in [0.717, 1.165) is 22.4 Å². The first kappa shape index (κ1) is 23.2. The second-order valence-corrected chi connectivity index (χ2v) is 11.0. The first-order valence-electron chi connectivity index (χ1n) is 12.0. The average Bonchev–Trinajstić information content (AvgIpc) is 3.14. The molecule has 4 aromatic carbocycles. The molecule has 1 amide bonds. The largest absolute Gasteiger partial charge is 0.313 e. The molecule has 0 radical (unpaired) electrons. The van der Waals surface area contributed by atoms with E-state index in [1.807, 2.05) is 91.9 Å². The number of carbonyl (C=O) groups excluding carboxylic acids is 1. The van der Waals surface area contributed by atoms with E-state index in [1.165, 1.54) is 0 Å². The Labute approximate surface area is 216 Å². The van der Waals surface area contributed by atoms with Gasteiger partial charge in [0.05, 0.1) is 10.8 Å². The molecule has 2 aliphatic heterocycles. The SMILES string of the molecule is Cc1ccc(S(=O)(=O)/N=C2\[C@@H](c3ccccc3)[C@]3(C(=O)N(C)c4ccccc43)N2c2ccccc2)cc1. The Morgan fingerprint density at radius 3 is 2.05 bits per heavy atom. The summed E-state index contributed by atoms with van der Waals surface area (Å²) in [5.74, 6) is -0.415. The molecular weight excluding hydrogens is 482 g/mol. The van der Waals surface area contributed by atoms with Crippen molar-refractivity contribution in [2.45, 2.75) is 23.3 Å². The zero-order chi connectivity index (χ0) is 25.8. The van der Waals surface area contributed by atoms with Crippen LogP contribution >= 0.6 is 0 Å². The first-order chi connectivity index (χ1) is 17.9. The van der Waals surface area contributed by atoms with Crippen LogP contribution in [-0.4, -0.2) is 27.2 Å². The van der Waals surface area contributed by atoms with Crippen LogP contribution in [0.1, 0.15) is 22.6 Å². The van der Waals surface area contributed by atoms with Crippen molar-refractivity contribution in [3.63, 3.8) is 0 Å². The second-order valence-electron chi connectivity index (χ2n) is 9.40. The van der Waals surface area contributed by atoms with Gasteiger partial charge in [0, 0.05) is 24.0 Å². The highest BCUT2D eigenvalue weighted by molar-refractivity contribution is 7.90. The molecule has 2 aliphatic rings. The number of hydrogen-bond donors (Lipinski definition) is 0. The number of sulfonamides is 1. The van der Waals surface area contributed by atoms with E-state index >= 15 is 0 Å². The zero-order valence-corrected chi connectivity index (χ0v) is 21.3. The molecule has 184 valence electrons. The highest BCUT2D eigenvalue weighted by Gasteiger charge is 2.69. The fourth-order valence-corrected chi connectivity index (χ4v) is 6.57. The first-order valence-corrected chi connectivity index (χ1v) is 13.5. The van der Waals surface area contributed by atoms with Gasteiger partial charge in [-0.05, 0) is 42.8 Å². The molecule has 2 heterocycles. The number of hydrogen-bond acceptors (Lipinski definition) is 3. The predicted molar refractivity (Wildman–Crippen MR) is 145 cm³/mol. The van der Waals surface area contributed by atoms with E-state index in [0.29, 0.717) is 11.5 Å². The molecule has 0 aliphatic carbocycles. The Kier molecular flexibility index (Phi) is 5.28. The Morgan fingerprint density at radius 2 is 1.38 bits per heavy atom. The van der Waals surface area contributed by atoms with E-state index in [2.05, 4.69) is 4.40 Å². The Bertz CT molecular complexity index is 1580. The number of rotatable bonds is 4. The number of amides is 1. The predicted octanol–water partition coefficient (Wildman–Crippen LogP) is 5.26. The lowest BCUT2D eigenvalue weighted by atomic mass is 9.65. The Morgan fingerprint density at radius 1 is 0.784 bits per heavy atom. The molecule has 6 rings (SSSR count). The Hall–Kier alpha value is -4.23. The van der Waals surface area contributed by atoms with Gasteiger partial charge in [0.25, 0.3) is 15.9 Å². The van der Waals surface area contributed by atoms with Crippen molar-refractivity contribution in [3.8, 4) is 0 Å². The maximum Gasteiger partial charge on any atom is 0.283 e. The molecule has 0 bridgehead atoms. The summed E-state index contributed by atoms with van der Waals surface area (Å²) in [6.07, 6.45) is 0. The molecule has 0 saturated carbocycles. The molecule has 0 aromatic heterocycles. The quantitative estimate of drug-likeness (QED) is 0.378. The van der Waals surface area contributed by atoms with Crippen molar-refractivity contribution in [1.29, 1.82) is 0 Å². The second kappa shape index (κ2) is 8.42. The molecule has 2 atom stereocenters. The molecule has 1 saturated heterocycles. The lowest BCUT2D eigenvalue weighted by molar-refractivity contribution is -0.123. The number of anilines is 2. The molecule has 7 heteroatoms. The van der Waals surface area contributed by atoms with Crippen molar-refractivity contribution in [2.75, 3.05) is 16.8 Å². The maximum absolute atomic E-state index is 14.2. The molecule has 4 aromatic rings. The number of para-hydroxylation sites is 2. The van der Waals surface area contributed by atoms with Crippen molar-refractivity contribution in [1.82, 2.24) is 0 Å². The fourth-order valence-electron chi connectivity index (χ4n) is 5.55. The third-order valence-electron chi connectivity index (χ3n) is 7.24. The number of benzene rings is 4. The molecule has 0 unspecified atom stereocenters. The number of amidine groups is 1. The maximum atomic E-state index is 14.2. The lowest BCUT2D eigenvalue weighted by Crippen LogP contribution is -2.71. The summed E-state index contributed by atoms with van der Waals surface area (Å²) in [4.78, 5) is 17.8. The fraction of sp³-hybridized carbons (Fsp3) is 0.133. The van der Waals surface area contributed by atoms with Crippen LogP contribution in [0.15, 0.2) is 118 Å². The number of aryl methyl sites for hydroxylation is 1. The topological polar surface area (TPSA) is 70.0 Å². The smallest absolute Gasteiger partial charge is 0.283 e. The van der Waals surface area contributed by atoms with Gasteiger partial charge in [-0.2, -0.15) is 8.42 Å². The van der Waals surface area contributed by atoms with Crippen LogP contribution in [0, 0.1) is 6.92 Å². The van der Waals surface area contributed by atoms with Gasteiger partial charge < -0.3 is 9.80 Å². The number of fused-ring (bicyclic) bond motifs is 2. The van der Waals surface area contributed by atoms with Crippen LogP contribution in [-0.2, 0) is 20.4 Å². The summed E-state index contributed by atoms with van der Waals surface area (Å²) in [7, 11) is -2.29. The van der Waals surface area contributed by atoms with Crippen molar-refractivity contribution < 1.29 is 13.2 Å². The average molecular weight is 508 g/mol. The Balaban J connectivity index is 1.65. The van der Waals surface area contributed by atoms with E-state index in [9.17, 15) is 13.2 Å². The van der Waals surface area contributed by atoms with Gasteiger partial charge in [0.15, 0.2) is 5.54 Å². The van der Waals surface area contributed by atoms with Crippen molar-refractivity contribution in [2.24, 2.45) is 4.40 Å². The van der Waals surface area contributed by atoms with Crippen LogP contribution < -0.4 is 9.80 Å². The summed E-state index contributed by atoms with van der Waals surface area (Å²) >= 11 is 0. The monoisotopic (exact) mass is 507 g/mol. The van der Waals surface area contributed by atoms with Gasteiger partial charge in [0.2, 0.25) is 0 Å². The summed E-state index contributed by atoms with van der Waals surface area (Å²) in [6, 6.07) is 33.3. The minimum absolute atomic E-state index is 0.113. The normalized spacial score (nSPS) is 21.8. The number of likely N-dealkylation sites (N-methyl/N-ethyl adjacent to an activating group) is 1. The molecule has 1 spiro atoms. The van der Waals surface area contributed by atoms with Gasteiger partial charge in [-0.1, -0.05) is 84.4 Å². The molecule has 0 N–H and O–H groups in total. The van der Waals surface area contributed by atoms with Gasteiger partial charge >= 0.3 is 0 Å². The van der Waals surface area contributed by atoms with Crippen LogP contribution in [0.4, 0.5) is 11.4 Å². The van der Waals surface area contributed by atoms with Crippen LogP contribution in [0.3, 0.4) is 0 Å². The van der Waals surface area contributed by atoms with Crippen LogP contribution in [0.2, 0.25) is 0 Å². The lowest BCUT2D eigenvalue weighted by Gasteiger charge is -2.57. The molecule has 1 fully saturated rings.